The van der Waals surface area contributed by atoms with Gasteiger partial charge in [0.05, 0.1) is 13.2 Å². The van der Waals surface area contributed by atoms with E-state index in [4.69, 9.17) is 9.47 Å². The minimum atomic E-state index is 0. The van der Waals surface area contributed by atoms with Gasteiger partial charge >= 0.3 is 0 Å². The number of hydrogen-bond donors (Lipinski definition) is 1. The van der Waals surface area contributed by atoms with E-state index in [2.05, 4.69) is 53.3 Å². The summed E-state index contributed by atoms with van der Waals surface area (Å²) in [6.45, 7) is 7.60. The molecule has 1 aliphatic carbocycles. The van der Waals surface area contributed by atoms with E-state index in [0.29, 0.717) is 24.0 Å². The third-order valence-corrected chi connectivity index (χ3v) is 6.67. The summed E-state index contributed by atoms with van der Waals surface area (Å²) < 4.78 is 11.2. The van der Waals surface area contributed by atoms with Crippen LogP contribution in [0.3, 0.4) is 0 Å². The lowest BCUT2D eigenvalue weighted by Gasteiger charge is -2.55. The smallest absolute Gasteiger partial charge is 0.193 e. The topological polar surface area (TPSA) is 46.1 Å². The average molecular weight is 485 g/mol. The lowest BCUT2D eigenvalue weighted by atomic mass is 9.57. The minimum Gasteiger partial charge on any atom is -0.497 e. The SMILES string of the molecule is CN=C(NC1C2CCOC2C1(C)C)N1CCC(c2ccc(OC)cc2)C1.I. The van der Waals surface area contributed by atoms with Gasteiger partial charge in [0.2, 0.25) is 0 Å². The molecular weight excluding hydrogens is 453 g/mol. The van der Waals surface area contributed by atoms with Gasteiger partial charge in [-0.3, -0.25) is 4.99 Å². The highest BCUT2D eigenvalue weighted by Crippen LogP contribution is 2.52. The van der Waals surface area contributed by atoms with E-state index in [1.807, 2.05) is 7.05 Å². The quantitative estimate of drug-likeness (QED) is 0.405. The second-order valence-electron chi connectivity index (χ2n) is 8.44. The van der Waals surface area contributed by atoms with Crippen molar-refractivity contribution in [2.45, 2.75) is 44.8 Å². The second kappa shape index (κ2) is 8.15. The zero-order valence-electron chi connectivity index (χ0n) is 16.8. The van der Waals surface area contributed by atoms with Gasteiger partial charge in [0.25, 0.3) is 0 Å². The van der Waals surface area contributed by atoms with E-state index in [9.17, 15) is 0 Å². The van der Waals surface area contributed by atoms with Crippen LogP contribution in [0.1, 0.15) is 38.2 Å². The molecule has 150 valence electrons. The van der Waals surface area contributed by atoms with Crippen molar-refractivity contribution in [1.82, 2.24) is 10.2 Å². The first-order valence-corrected chi connectivity index (χ1v) is 9.78. The van der Waals surface area contributed by atoms with Gasteiger partial charge in [-0.1, -0.05) is 26.0 Å². The van der Waals surface area contributed by atoms with E-state index < -0.39 is 0 Å². The third-order valence-electron chi connectivity index (χ3n) is 6.67. The molecule has 0 spiro atoms. The molecule has 4 rings (SSSR count). The Morgan fingerprint density at radius 3 is 2.67 bits per heavy atom. The van der Waals surface area contributed by atoms with Crippen LogP contribution in [0.15, 0.2) is 29.3 Å². The summed E-state index contributed by atoms with van der Waals surface area (Å²) in [5.41, 5.74) is 1.56. The predicted octanol–water partition coefficient (Wildman–Crippen LogP) is 3.49. The predicted molar refractivity (Wildman–Crippen MR) is 119 cm³/mol. The number of likely N-dealkylation sites (tertiary alicyclic amines) is 1. The van der Waals surface area contributed by atoms with Gasteiger partial charge in [0.1, 0.15) is 5.75 Å². The molecule has 27 heavy (non-hydrogen) atoms. The van der Waals surface area contributed by atoms with Gasteiger partial charge in [-0.2, -0.15) is 0 Å². The number of fused-ring (bicyclic) bond motifs is 1. The molecule has 1 saturated carbocycles. The minimum absolute atomic E-state index is 0. The lowest BCUT2D eigenvalue weighted by molar-refractivity contribution is -0.107. The fraction of sp³-hybridized carbons (Fsp3) is 0.667. The molecule has 3 aliphatic rings. The highest BCUT2D eigenvalue weighted by atomic mass is 127. The molecule has 0 amide bonds. The standard InChI is InChI=1S/C21H31N3O2.HI/c1-21(2)18(17-10-12-26-19(17)21)23-20(22-3)24-11-9-15(13-24)14-5-7-16(25-4)8-6-14;/h5-8,15,17-19H,9-13H2,1-4H3,(H,22,23);1H. The maximum atomic E-state index is 5.93. The van der Waals surface area contributed by atoms with Crippen molar-refractivity contribution in [3.05, 3.63) is 29.8 Å². The Labute approximate surface area is 179 Å². The van der Waals surface area contributed by atoms with Crippen LogP contribution < -0.4 is 10.1 Å². The van der Waals surface area contributed by atoms with Crippen LogP contribution in [-0.2, 0) is 4.74 Å². The van der Waals surface area contributed by atoms with Crippen LogP contribution in [0, 0.1) is 11.3 Å². The molecule has 5 nitrogen and oxygen atoms in total. The summed E-state index contributed by atoms with van der Waals surface area (Å²) in [7, 11) is 3.61. The number of halogens is 1. The molecule has 0 aromatic heterocycles. The van der Waals surface area contributed by atoms with Crippen LogP contribution in [0.5, 0.6) is 5.75 Å². The number of guanidine groups is 1. The number of ether oxygens (including phenoxy) is 2. The first kappa shape index (κ1) is 20.7. The Morgan fingerprint density at radius 2 is 2.00 bits per heavy atom. The molecule has 1 aromatic rings. The Hall–Kier alpha value is -1.02. The van der Waals surface area contributed by atoms with Gasteiger partial charge in [-0.25, -0.2) is 0 Å². The summed E-state index contributed by atoms with van der Waals surface area (Å²) >= 11 is 0. The van der Waals surface area contributed by atoms with E-state index in [1.54, 1.807) is 7.11 Å². The van der Waals surface area contributed by atoms with Crippen molar-refractivity contribution in [1.29, 1.82) is 0 Å². The van der Waals surface area contributed by atoms with Crippen LogP contribution >= 0.6 is 24.0 Å². The Morgan fingerprint density at radius 1 is 1.26 bits per heavy atom. The number of rotatable bonds is 3. The number of methoxy groups -OCH3 is 1. The monoisotopic (exact) mass is 485 g/mol. The average Bonchev–Trinajstić information content (AvgIpc) is 3.31. The van der Waals surface area contributed by atoms with Crippen LogP contribution in [0.25, 0.3) is 0 Å². The molecule has 4 atom stereocenters. The van der Waals surface area contributed by atoms with E-state index in [-0.39, 0.29) is 29.4 Å². The number of aliphatic imine (C=N–C) groups is 1. The fourth-order valence-electron chi connectivity index (χ4n) is 5.15. The third kappa shape index (κ3) is 3.67. The zero-order chi connectivity index (χ0) is 18.3. The molecule has 0 radical (unpaired) electrons. The van der Waals surface area contributed by atoms with E-state index >= 15 is 0 Å². The number of nitrogens with one attached hydrogen (secondary N) is 1. The van der Waals surface area contributed by atoms with Gasteiger partial charge in [-0.15, -0.1) is 24.0 Å². The number of hydrogen-bond acceptors (Lipinski definition) is 3. The highest BCUT2D eigenvalue weighted by Gasteiger charge is 2.59. The molecule has 1 aromatic carbocycles. The number of nitrogens with zero attached hydrogens (tertiary/aromatic N) is 2. The van der Waals surface area contributed by atoms with E-state index in [1.165, 1.54) is 5.56 Å². The molecule has 1 N–H and O–H groups in total. The maximum absolute atomic E-state index is 5.93. The summed E-state index contributed by atoms with van der Waals surface area (Å²) in [5.74, 6) is 3.14. The molecule has 0 bridgehead atoms. The molecule has 2 aliphatic heterocycles. The molecule has 2 saturated heterocycles. The lowest BCUT2D eigenvalue weighted by Crippen LogP contribution is -2.68. The van der Waals surface area contributed by atoms with Crippen molar-refractivity contribution in [2.75, 3.05) is 33.9 Å². The Bertz CT molecular complexity index is 677. The van der Waals surface area contributed by atoms with Crippen LogP contribution in [-0.4, -0.2) is 56.9 Å². The molecule has 3 fully saturated rings. The zero-order valence-corrected chi connectivity index (χ0v) is 19.1. The summed E-state index contributed by atoms with van der Waals surface area (Å²) in [6, 6.07) is 8.95. The molecule has 4 unspecified atom stereocenters. The van der Waals surface area contributed by atoms with Crippen molar-refractivity contribution >= 4 is 29.9 Å². The summed E-state index contributed by atoms with van der Waals surface area (Å²) in [5, 5.41) is 3.77. The fourth-order valence-corrected chi connectivity index (χ4v) is 5.15. The van der Waals surface area contributed by atoms with Gasteiger partial charge in [-0.05, 0) is 30.5 Å². The molecule has 2 heterocycles. The summed E-state index contributed by atoms with van der Waals surface area (Å²) in [6.07, 6.45) is 2.73. The molecular formula is C21H32IN3O2. The first-order chi connectivity index (χ1) is 12.5. The van der Waals surface area contributed by atoms with Crippen molar-refractivity contribution < 1.29 is 9.47 Å². The van der Waals surface area contributed by atoms with Gasteiger partial charge in [0.15, 0.2) is 5.96 Å². The van der Waals surface area contributed by atoms with Crippen molar-refractivity contribution in [3.8, 4) is 5.75 Å². The maximum Gasteiger partial charge on any atom is 0.193 e. The normalized spacial score (nSPS) is 31.7. The Balaban J connectivity index is 0.00000210. The van der Waals surface area contributed by atoms with Gasteiger partial charge in [0, 0.05) is 50.0 Å². The second-order valence-corrected chi connectivity index (χ2v) is 8.44. The van der Waals surface area contributed by atoms with Crippen molar-refractivity contribution in [2.24, 2.45) is 16.3 Å². The van der Waals surface area contributed by atoms with E-state index in [0.717, 1.165) is 44.2 Å². The first-order valence-electron chi connectivity index (χ1n) is 9.78. The Kier molecular flexibility index (Phi) is 6.25. The van der Waals surface area contributed by atoms with Crippen molar-refractivity contribution in [3.63, 3.8) is 0 Å². The molecule has 6 heteroatoms. The van der Waals surface area contributed by atoms with Crippen LogP contribution in [0.2, 0.25) is 0 Å². The van der Waals surface area contributed by atoms with Crippen LogP contribution in [0.4, 0.5) is 0 Å². The van der Waals surface area contributed by atoms with Gasteiger partial charge < -0.3 is 19.7 Å². The summed E-state index contributed by atoms with van der Waals surface area (Å²) in [4.78, 5) is 7.01. The highest BCUT2D eigenvalue weighted by molar-refractivity contribution is 14.0. The largest absolute Gasteiger partial charge is 0.497 e. The number of benzene rings is 1.